The van der Waals surface area contributed by atoms with Gasteiger partial charge in [-0.05, 0) is 38.1 Å². The van der Waals surface area contributed by atoms with Gasteiger partial charge < -0.3 is 5.73 Å². The molecule has 0 aliphatic rings. The van der Waals surface area contributed by atoms with Gasteiger partial charge in [-0.3, -0.25) is 4.90 Å². The molecule has 1 atom stereocenters. The molecular weight excluding hydrogens is 314 g/mol. The largest absolute Gasteiger partial charge is 0.313 e. The van der Waals surface area contributed by atoms with E-state index in [0.717, 1.165) is 25.3 Å². The molecule has 0 aliphatic carbocycles. The van der Waals surface area contributed by atoms with Crippen LogP contribution in [-0.2, 0) is 6.54 Å². The maximum absolute atomic E-state index is 6.68. The van der Waals surface area contributed by atoms with E-state index in [4.69, 9.17) is 17.3 Å². The molecule has 2 N–H and O–H groups in total. The van der Waals surface area contributed by atoms with Crippen molar-refractivity contribution in [1.29, 1.82) is 0 Å². The SMILES string of the molecule is CN(Cc1ccccc1)C(C)(N)CC(C)(C)Bc1ccc(Cl)cc1. The van der Waals surface area contributed by atoms with Crippen molar-refractivity contribution in [3.05, 3.63) is 65.2 Å². The van der Waals surface area contributed by atoms with Gasteiger partial charge >= 0.3 is 0 Å². The number of rotatable bonds is 7. The van der Waals surface area contributed by atoms with Crippen molar-refractivity contribution in [1.82, 2.24) is 4.90 Å². The lowest BCUT2D eigenvalue weighted by molar-refractivity contribution is 0.113. The molecule has 0 saturated heterocycles. The van der Waals surface area contributed by atoms with Crippen molar-refractivity contribution in [3.63, 3.8) is 0 Å². The first-order chi connectivity index (χ1) is 11.2. The second-order valence-electron chi connectivity index (χ2n) is 7.84. The molecule has 2 nitrogen and oxygen atoms in total. The summed E-state index contributed by atoms with van der Waals surface area (Å²) in [4.78, 5) is 2.24. The fourth-order valence-corrected chi connectivity index (χ4v) is 3.49. The Bertz CT molecular complexity index is 638. The molecule has 2 rings (SSSR count). The molecule has 0 aromatic heterocycles. The van der Waals surface area contributed by atoms with Crippen LogP contribution in [0.5, 0.6) is 0 Å². The standard InChI is InChI=1S/C20H28BClN2/c1-19(2,21-17-10-12-18(22)13-11-17)15-20(3,23)24(4)14-16-8-6-5-7-9-16/h5-13,21H,14-15,23H2,1-4H3. The molecule has 2 aromatic carbocycles. The molecule has 2 aromatic rings. The highest BCUT2D eigenvalue weighted by molar-refractivity contribution is 6.56. The smallest absolute Gasteiger partial charge is 0.163 e. The molecule has 1 unspecified atom stereocenters. The lowest BCUT2D eigenvalue weighted by Crippen LogP contribution is -2.53. The average molecular weight is 343 g/mol. The Morgan fingerprint density at radius 3 is 2.17 bits per heavy atom. The van der Waals surface area contributed by atoms with Crippen molar-refractivity contribution >= 4 is 24.3 Å². The third-order valence-electron chi connectivity index (χ3n) is 4.57. The molecule has 0 amide bonds. The fourth-order valence-electron chi connectivity index (χ4n) is 3.36. The van der Waals surface area contributed by atoms with Crippen molar-refractivity contribution in [3.8, 4) is 0 Å². The van der Waals surface area contributed by atoms with E-state index in [1.807, 2.05) is 18.2 Å². The first kappa shape index (κ1) is 19.0. The summed E-state index contributed by atoms with van der Waals surface area (Å²) in [5.74, 6) is 0. The van der Waals surface area contributed by atoms with E-state index >= 15 is 0 Å². The Morgan fingerprint density at radius 2 is 1.58 bits per heavy atom. The number of nitrogens with two attached hydrogens (primary N) is 1. The molecule has 0 spiro atoms. The van der Waals surface area contributed by atoms with Crippen LogP contribution in [0.3, 0.4) is 0 Å². The lowest BCUT2D eigenvalue weighted by Gasteiger charge is -2.41. The summed E-state index contributed by atoms with van der Waals surface area (Å²) in [6.07, 6.45) is 0.909. The Morgan fingerprint density at radius 1 is 1.00 bits per heavy atom. The number of hydrogen-bond donors (Lipinski definition) is 1. The van der Waals surface area contributed by atoms with Crippen LogP contribution in [0.1, 0.15) is 32.8 Å². The van der Waals surface area contributed by atoms with Crippen LogP contribution < -0.4 is 11.2 Å². The molecule has 24 heavy (non-hydrogen) atoms. The molecule has 0 saturated carbocycles. The van der Waals surface area contributed by atoms with Crippen molar-refractivity contribution in [2.45, 2.75) is 44.7 Å². The number of nitrogens with zero attached hydrogens (tertiary/aromatic N) is 1. The minimum atomic E-state index is -0.369. The Labute approximate surface area is 152 Å². The maximum atomic E-state index is 6.68. The molecular formula is C20H28BClN2. The van der Waals surface area contributed by atoms with Gasteiger partial charge in [-0.15, -0.1) is 0 Å². The maximum Gasteiger partial charge on any atom is 0.163 e. The second-order valence-corrected chi connectivity index (χ2v) is 8.28. The van der Waals surface area contributed by atoms with E-state index in [2.05, 4.69) is 69.1 Å². The van der Waals surface area contributed by atoms with Crippen LogP contribution in [0.25, 0.3) is 0 Å². The van der Waals surface area contributed by atoms with Gasteiger partial charge in [0.2, 0.25) is 0 Å². The number of halogens is 1. The zero-order valence-electron chi connectivity index (χ0n) is 15.2. The first-order valence-electron chi connectivity index (χ1n) is 8.46. The zero-order chi connectivity index (χ0) is 17.8. The summed E-state index contributed by atoms with van der Waals surface area (Å²) < 4.78 is 0. The summed E-state index contributed by atoms with van der Waals surface area (Å²) in [5, 5.41) is 0.880. The van der Waals surface area contributed by atoms with Crippen molar-refractivity contribution in [2.24, 2.45) is 5.73 Å². The van der Waals surface area contributed by atoms with E-state index < -0.39 is 0 Å². The molecule has 4 heteroatoms. The molecule has 128 valence electrons. The van der Waals surface area contributed by atoms with Crippen LogP contribution in [-0.4, -0.2) is 24.9 Å². The first-order valence-corrected chi connectivity index (χ1v) is 8.84. The van der Waals surface area contributed by atoms with E-state index in [9.17, 15) is 0 Å². The van der Waals surface area contributed by atoms with Gasteiger partial charge in [0.15, 0.2) is 7.28 Å². The average Bonchev–Trinajstić information content (AvgIpc) is 2.49. The Kier molecular flexibility index (Phi) is 6.14. The predicted molar refractivity (Wildman–Crippen MR) is 107 cm³/mol. The molecule has 0 radical (unpaired) electrons. The monoisotopic (exact) mass is 342 g/mol. The summed E-state index contributed by atoms with van der Waals surface area (Å²) in [7, 11) is 3.08. The normalized spacial score (nSPS) is 14.5. The minimum absolute atomic E-state index is 0.0995. The quantitative estimate of drug-likeness (QED) is 0.612. The molecule has 0 heterocycles. The highest BCUT2D eigenvalue weighted by Gasteiger charge is 2.33. The third kappa shape index (κ3) is 5.66. The summed E-state index contributed by atoms with van der Waals surface area (Å²) in [6.45, 7) is 7.54. The van der Waals surface area contributed by atoms with Gasteiger partial charge in [-0.1, -0.05) is 78.7 Å². The second kappa shape index (κ2) is 7.73. The predicted octanol–water partition coefficient (Wildman–Crippen LogP) is 3.80. The number of hydrogen-bond acceptors (Lipinski definition) is 2. The molecule has 0 fully saturated rings. The highest BCUT2D eigenvalue weighted by atomic mass is 35.5. The van der Waals surface area contributed by atoms with Crippen LogP contribution in [0.15, 0.2) is 54.6 Å². The van der Waals surface area contributed by atoms with Gasteiger partial charge in [0.05, 0.1) is 5.66 Å². The third-order valence-corrected chi connectivity index (χ3v) is 4.82. The van der Waals surface area contributed by atoms with Gasteiger partial charge in [-0.25, -0.2) is 0 Å². The van der Waals surface area contributed by atoms with E-state index in [-0.39, 0.29) is 11.0 Å². The van der Waals surface area contributed by atoms with Crippen molar-refractivity contribution < 1.29 is 0 Å². The molecule has 0 bridgehead atoms. The Balaban J connectivity index is 2.01. The lowest BCUT2D eigenvalue weighted by atomic mass is 9.48. The van der Waals surface area contributed by atoms with Crippen LogP contribution in [0.4, 0.5) is 0 Å². The van der Waals surface area contributed by atoms with E-state index in [1.54, 1.807) is 0 Å². The zero-order valence-corrected chi connectivity index (χ0v) is 16.0. The summed E-state index contributed by atoms with van der Waals surface area (Å²) in [5.41, 5.74) is 8.89. The topological polar surface area (TPSA) is 29.3 Å². The van der Waals surface area contributed by atoms with Crippen molar-refractivity contribution in [2.75, 3.05) is 7.05 Å². The van der Waals surface area contributed by atoms with E-state index in [1.165, 1.54) is 11.0 Å². The van der Waals surface area contributed by atoms with E-state index in [0.29, 0.717) is 0 Å². The number of benzene rings is 2. The van der Waals surface area contributed by atoms with Crippen LogP contribution in [0, 0.1) is 0 Å². The van der Waals surface area contributed by atoms with Gasteiger partial charge in [0.1, 0.15) is 0 Å². The molecule has 0 aliphatic heterocycles. The summed E-state index contributed by atoms with van der Waals surface area (Å²) >= 11 is 5.98. The fraction of sp³-hybridized carbons (Fsp3) is 0.400. The van der Waals surface area contributed by atoms with Gasteiger partial charge in [0, 0.05) is 11.6 Å². The Hall–Kier alpha value is -1.29. The minimum Gasteiger partial charge on any atom is -0.313 e. The van der Waals surface area contributed by atoms with Crippen LogP contribution >= 0.6 is 11.6 Å². The highest BCUT2D eigenvalue weighted by Crippen LogP contribution is 2.34. The summed E-state index contributed by atoms with van der Waals surface area (Å²) in [6, 6.07) is 18.6. The van der Waals surface area contributed by atoms with Gasteiger partial charge in [-0.2, -0.15) is 0 Å². The van der Waals surface area contributed by atoms with Crippen LogP contribution in [0.2, 0.25) is 10.3 Å². The van der Waals surface area contributed by atoms with Gasteiger partial charge in [0.25, 0.3) is 0 Å².